The summed E-state index contributed by atoms with van der Waals surface area (Å²) in [5.74, 6) is 0.623. The van der Waals surface area contributed by atoms with Crippen molar-refractivity contribution in [2.75, 3.05) is 0 Å². The number of benzene rings is 2. The molecule has 0 fully saturated rings. The van der Waals surface area contributed by atoms with Gasteiger partial charge in [0.05, 0.1) is 16.6 Å². The van der Waals surface area contributed by atoms with Crippen LogP contribution in [0.1, 0.15) is 15.9 Å². The van der Waals surface area contributed by atoms with Gasteiger partial charge in [-0.3, -0.25) is 14.9 Å². The third-order valence-electron chi connectivity index (χ3n) is 2.70. The molecule has 2 aromatic carbocycles. The first kappa shape index (κ1) is 14.0. The van der Waals surface area contributed by atoms with Crippen molar-refractivity contribution >= 4 is 23.6 Å². The normalized spacial score (nSPS) is 10.1. The molecule has 0 aliphatic rings. The molecule has 0 aromatic heterocycles. The number of nitro benzene ring substituents is 1. The predicted molar refractivity (Wildman–Crippen MR) is 74.7 cm³/mol. The summed E-state index contributed by atoms with van der Waals surface area (Å²) in [6.07, 6.45) is 0.619. The van der Waals surface area contributed by atoms with Gasteiger partial charge in [0.15, 0.2) is 6.29 Å². The third kappa shape index (κ3) is 2.95. The molecule has 2 aromatic rings. The SMILES string of the molecule is Cc1ccc([N+](=O)[O-])cc1Oc1ccc(Cl)cc1C=O. The van der Waals surface area contributed by atoms with E-state index in [0.717, 1.165) is 5.56 Å². The Morgan fingerprint density at radius 2 is 1.95 bits per heavy atom. The lowest BCUT2D eigenvalue weighted by atomic mass is 10.2. The van der Waals surface area contributed by atoms with Crippen LogP contribution in [0.25, 0.3) is 0 Å². The maximum Gasteiger partial charge on any atom is 0.273 e. The van der Waals surface area contributed by atoms with Crippen molar-refractivity contribution in [3.63, 3.8) is 0 Å². The molecule has 0 aliphatic carbocycles. The number of hydrogen-bond donors (Lipinski definition) is 0. The summed E-state index contributed by atoms with van der Waals surface area (Å²) in [6, 6.07) is 8.89. The summed E-state index contributed by atoms with van der Waals surface area (Å²) in [5, 5.41) is 11.2. The first-order chi connectivity index (χ1) is 9.51. The Hall–Kier alpha value is -2.40. The van der Waals surface area contributed by atoms with Crippen LogP contribution in [-0.4, -0.2) is 11.2 Å². The summed E-state index contributed by atoms with van der Waals surface area (Å²) in [4.78, 5) is 21.2. The number of aldehydes is 1. The fraction of sp³-hybridized carbons (Fsp3) is 0.0714. The van der Waals surface area contributed by atoms with Crippen LogP contribution in [-0.2, 0) is 0 Å². The highest BCUT2D eigenvalue weighted by atomic mass is 35.5. The quantitative estimate of drug-likeness (QED) is 0.482. The maximum absolute atomic E-state index is 11.0. The Morgan fingerprint density at radius 3 is 2.60 bits per heavy atom. The Morgan fingerprint density at radius 1 is 1.20 bits per heavy atom. The predicted octanol–water partition coefficient (Wildman–Crippen LogP) is 4.16. The Balaban J connectivity index is 2.41. The average Bonchev–Trinajstić information content (AvgIpc) is 2.42. The van der Waals surface area contributed by atoms with Crippen LogP contribution in [0, 0.1) is 17.0 Å². The highest BCUT2D eigenvalue weighted by molar-refractivity contribution is 6.30. The molecule has 0 bridgehead atoms. The lowest BCUT2D eigenvalue weighted by molar-refractivity contribution is -0.384. The molecule has 0 radical (unpaired) electrons. The van der Waals surface area contributed by atoms with Crippen molar-refractivity contribution < 1.29 is 14.5 Å². The van der Waals surface area contributed by atoms with E-state index < -0.39 is 4.92 Å². The molecule has 0 unspecified atom stereocenters. The first-order valence-corrected chi connectivity index (χ1v) is 6.06. The Kier molecular flexibility index (Phi) is 4.00. The molecule has 0 saturated carbocycles. The van der Waals surface area contributed by atoms with Gasteiger partial charge in [-0.25, -0.2) is 0 Å². The van der Waals surface area contributed by atoms with Crippen molar-refractivity contribution in [2.24, 2.45) is 0 Å². The second kappa shape index (κ2) is 5.71. The average molecular weight is 292 g/mol. The minimum absolute atomic E-state index is 0.0767. The number of hydrogen-bond acceptors (Lipinski definition) is 4. The molecule has 0 spiro atoms. The molecular weight excluding hydrogens is 282 g/mol. The van der Waals surface area contributed by atoms with Crippen LogP contribution in [0.4, 0.5) is 5.69 Å². The van der Waals surface area contributed by atoms with Crippen LogP contribution >= 0.6 is 11.6 Å². The van der Waals surface area contributed by atoms with Gasteiger partial charge in [0.1, 0.15) is 11.5 Å². The topological polar surface area (TPSA) is 69.4 Å². The van der Waals surface area contributed by atoms with Gasteiger partial charge in [0, 0.05) is 11.1 Å². The number of carbonyl (C=O) groups excluding carboxylic acids is 1. The molecule has 102 valence electrons. The van der Waals surface area contributed by atoms with Crippen LogP contribution in [0.15, 0.2) is 36.4 Å². The van der Waals surface area contributed by atoms with Gasteiger partial charge in [0.2, 0.25) is 0 Å². The van der Waals surface area contributed by atoms with E-state index in [9.17, 15) is 14.9 Å². The fourth-order valence-electron chi connectivity index (χ4n) is 1.64. The Bertz CT molecular complexity index is 685. The zero-order valence-corrected chi connectivity index (χ0v) is 11.3. The fourth-order valence-corrected chi connectivity index (χ4v) is 1.82. The van der Waals surface area contributed by atoms with Crippen molar-refractivity contribution in [3.05, 3.63) is 62.7 Å². The van der Waals surface area contributed by atoms with E-state index in [1.807, 2.05) is 0 Å². The lowest BCUT2D eigenvalue weighted by Gasteiger charge is -2.10. The van der Waals surface area contributed by atoms with Crippen molar-refractivity contribution in [1.29, 1.82) is 0 Å². The van der Waals surface area contributed by atoms with Gasteiger partial charge < -0.3 is 4.74 Å². The van der Waals surface area contributed by atoms with Crippen molar-refractivity contribution in [1.82, 2.24) is 0 Å². The molecule has 6 heteroatoms. The van der Waals surface area contributed by atoms with Crippen LogP contribution in [0.2, 0.25) is 5.02 Å². The summed E-state index contributed by atoms with van der Waals surface area (Å²) < 4.78 is 5.58. The number of nitrogens with zero attached hydrogens (tertiary/aromatic N) is 1. The van der Waals surface area contributed by atoms with Crippen LogP contribution in [0.3, 0.4) is 0 Å². The zero-order chi connectivity index (χ0) is 14.7. The number of non-ortho nitro benzene ring substituents is 1. The second-order valence-electron chi connectivity index (χ2n) is 4.11. The first-order valence-electron chi connectivity index (χ1n) is 5.69. The number of ether oxygens (including phenoxy) is 1. The molecule has 0 heterocycles. The standard InChI is InChI=1S/C14H10ClNO4/c1-9-2-4-12(16(18)19)7-14(9)20-13-5-3-11(15)6-10(13)8-17/h2-8H,1H3. The number of carbonyl (C=O) groups is 1. The maximum atomic E-state index is 11.0. The zero-order valence-electron chi connectivity index (χ0n) is 10.5. The summed E-state index contributed by atoms with van der Waals surface area (Å²) in [6.45, 7) is 1.76. The summed E-state index contributed by atoms with van der Waals surface area (Å²) >= 11 is 5.79. The van der Waals surface area contributed by atoms with Crippen molar-refractivity contribution in [2.45, 2.75) is 6.92 Å². The highest BCUT2D eigenvalue weighted by Crippen LogP contribution is 2.31. The van der Waals surface area contributed by atoms with E-state index in [1.165, 1.54) is 18.2 Å². The van der Waals surface area contributed by atoms with Crippen LogP contribution < -0.4 is 4.74 Å². The largest absolute Gasteiger partial charge is 0.456 e. The molecule has 0 amide bonds. The Labute approximate surface area is 119 Å². The molecule has 5 nitrogen and oxygen atoms in total. The number of nitro groups is 1. The second-order valence-corrected chi connectivity index (χ2v) is 4.55. The van der Waals surface area contributed by atoms with E-state index in [1.54, 1.807) is 25.1 Å². The minimum atomic E-state index is -0.505. The van der Waals surface area contributed by atoms with E-state index in [2.05, 4.69) is 0 Å². The number of aryl methyl sites for hydroxylation is 1. The molecule has 0 atom stereocenters. The van der Waals surface area contributed by atoms with Gasteiger partial charge in [-0.1, -0.05) is 11.6 Å². The highest BCUT2D eigenvalue weighted by Gasteiger charge is 2.12. The minimum Gasteiger partial charge on any atom is -0.456 e. The van der Waals surface area contributed by atoms with Gasteiger partial charge in [-0.15, -0.1) is 0 Å². The van der Waals surface area contributed by atoms with E-state index in [-0.39, 0.29) is 11.3 Å². The molecule has 0 aliphatic heterocycles. The van der Waals surface area contributed by atoms with Gasteiger partial charge in [-0.2, -0.15) is 0 Å². The van der Waals surface area contributed by atoms with Gasteiger partial charge in [-0.05, 0) is 36.8 Å². The van der Waals surface area contributed by atoms with E-state index >= 15 is 0 Å². The molecule has 0 N–H and O–H groups in total. The number of halogens is 1. The lowest BCUT2D eigenvalue weighted by Crippen LogP contribution is -1.94. The van der Waals surface area contributed by atoms with E-state index in [4.69, 9.17) is 16.3 Å². The van der Waals surface area contributed by atoms with Gasteiger partial charge >= 0.3 is 0 Å². The molecule has 0 saturated heterocycles. The van der Waals surface area contributed by atoms with E-state index in [0.29, 0.717) is 22.8 Å². The molecule has 2 rings (SSSR count). The van der Waals surface area contributed by atoms with Crippen LogP contribution in [0.5, 0.6) is 11.5 Å². The van der Waals surface area contributed by atoms with Crippen molar-refractivity contribution in [3.8, 4) is 11.5 Å². The number of rotatable bonds is 4. The van der Waals surface area contributed by atoms with Gasteiger partial charge in [0.25, 0.3) is 5.69 Å². The summed E-state index contributed by atoms with van der Waals surface area (Å²) in [7, 11) is 0. The third-order valence-corrected chi connectivity index (χ3v) is 2.94. The monoisotopic (exact) mass is 291 g/mol. The smallest absolute Gasteiger partial charge is 0.273 e. The molecular formula is C14H10ClNO4. The molecule has 20 heavy (non-hydrogen) atoms. The summed E-state index contributed by atoms with van der Waals surface area (Å²) in [5.41, 5.74) is 0.929.